The predicted octanol–water partition coefficient (Wildman–Crippen LogP) is 3.36. The van der Waals surface area contributed by atoms with E-state index < -0.39 is 22.4 Å². The van der Waals surface area contributed by atoms with Gasteiger partial charge in [-0.25, -0.2) is 11.1 Å². The zero-order chi connectivity index (χ0) is 26.4. The van der Waals surface area contributed by atoms with Gasteiger partial charge in [0.1, 0.15) is 0 Å². The number of hydrogen-bond acceptors (Lipinski definition) is 8. The van der Waals surface area contributed by atoms with Crippen LogP contribution in [-0.4, -0.2) is 50.6 Å². The fraction of sp³-hybridized carbons (Fsp3) is 0.250. The molecule has 0 aliphatic carbocycles. The van der Waals surface area contributed by atoms with Gasteiger partial charge in [0.25, 0.3) is 0 Å². The second-order valence-corrected chi connectivity index (χ2v) is 9.33. The first-order chi connectivity index (χ1) is 17.2. The van der Waals surface area contributed by atoms with Crippen molar-refractivity contribution in [2.24, 2.45) is 0 Å². The molecule has 0 aliphatic rings. The van der Waals surface area contributed by atoms with Crippen LogP contribution in [0.5, 0.6) is 0 Å². The first kappa shape index (κ1) is 32.1. The second-order valence-electron chi connectivity index (χ2n) is 7.29. The molecular formula is C24H27MnN3O7S2. The third kappa shape index (κ3) is 13.3. The minimum atomic E-state index is -4.23. The quantitative estimate of drug-likeness (QED) is 0.176. The number of carbonyl (C=O) groups is 1. The monoisotopic (exact) mass is 588 g/mol. The van der Waals surface area contributed by atoms with E-state index in [2.05, 4.69) is 15.0 Å². The number of methoxy groups -OCH3 is 2. The minimum Gasteiger partial charge on any atom is -0.540 e. The first-order valence-corrected chi connectivity index (χ1v) is 12.9. The number of carbonyl (C=O) groups excluding carboxylic acids is 2. The molecule has 3 N–H and O–H groups in total. The molecule has 2 aromatic carbocycles. The molecule has 3 rings (SSSR count). The molecule has 0 bridgehead atoms. The van der Waals surface area contributed by atoms with Gasteiger partial charge in [0.2, 0.25) is 0 Å². The molecule has 1 atom stereocenters. The summed E-state index contributed by atoms with van der Waals surface area (Å²) in [6.45, 7) is 0.500. The van der Waals surface area contributed by atoms with Crippen molar-refractivity contribution in [2.75, 3.05) is 18.9 Å². The number of ether oxygens (including phenoxy) is 2. The number of alkyl carbamates (subject to hydrolysis) is 1. The molecule has 13 heteroatoms. The van der Waals surface area contributed by atoms with Crippen LogP contribution >= 0.6 is 11.3 Å². The molecule has 37 heavy (non-hydrogen) atoms. The summed E-state index contributed by atoms with van der Waals surface area (Å²) < 4.78 is 41.4. The summed E-state index contributed by atoms with van der Waals surface area (Å²) >= 11 is 1.55. The number of rotatable bonds is 11. The summed E-state index contributed by atoms with van der Waals surface area (Å²) in [5.41, 5.74) is 3.20. The molecule has 0 aliphatic heterocycles. The van der Waals surface area contributed by atoms with Gasteiger partial charge in [-0.15, -0.1) is 6.42 Å². The average molecular weight is 589 g/mol. The van der Waals surface area contributed by atoms with Crippen LogP contribution in [0.2, 0.25) is 0 Å². The van der Waals surface area contributed by atoms with E-state index in [0.717, 1.165) is 21.8 Å². The molecule has 199 valence electrons. The Labute approximate surface area is 231 Å². The van der Waals surface area contributed by atoms with E-state index in [9.17, 15) is 18.0 Å². The van der Waals surface area contributed by atoms with Crippen molar-refractivity contribution in [3.8, 4) is 0 Å². The smallest absolute Gasteiger partial charge is 0.540 e. The van der Waals surface area contributed by atoms with Crippen molar-refractivity contribution in [1.82, 2.24) is 10.3 Å². The van der Waals surface area contributed by atoms with Gasteiger partial charge >= 0.3 is 33.5 Å². The van der Waals surface area contributed by atoms with E-state index >= 15 is 0 Å². The molecule has 0 fully saturated rings. The van der Waals surface area contributed by atoms with Crippen molar-refractivity contribution in [3.63, 3.8) is 0 Å². The third-order valence-corrected chi connectivity index (χ3v) is 5.86. The first-order valence-electron chi connectivity index (χ1n) is 10.6. The van der Waals surface area contributed by atoms with E-state index in [1.54, 1.807) is 49.0 Å². The van der Waals surface area contributed by atoms with Crippen LogP contribution in [0.1, 0.15) is 21.8 Å². The van der Waals surface area contributed by atoms with Gasteiger partial charge < -0.3 is 26.0 Å². The van der Waals surface area contributed by atoms with Gasteiger partial charge in [0.05, 0.1) is 25.1 Å². The Bertz CT molecular complexity index is 1190. The van der Waals surface area contributed by atoms with Gasteiger partial charge in [-0.3, -0.25) is 14.3 Å². The van der Waals surface area contributed by atoms with Gasteiger partial charge in [0.15, 0.2) is 0 Å². The normalized spacial score (nSPS) is 11.1. The molecular weight excluding hydrogens is 561 g/mol. The molecule has 0 saturated carbocycles. The average Bonchev–Trinajstić information content (AvgIpc) is 3.31. The number of amides is 1. The molecule has 0 spiro atoms. The molecule has 10 nitrogen and oxygen atoms in total. The van der Waals surface area contributed by atoms with Crippen molar-refractivity contribution in [1.29, 1.82) is 0 Å². The number of nitrogens with zero attached hydrogens (tertiary/aromatic N) is 1. The molecule has 0 saturated heterocycles. The van der Waals surface area contributed by atoms with Gasteiger partial charge in [-0.05, 0) is 29.1 Å². The van der Waals surface area contributed by atoms with Crippen LogP contribution in [-0.2, 0) is 61.1 Å². The molecule has 3 aromatic rings. The van der Waals surface area contributed by atoms with Crippen molar-refractivity contribution < 1.29 is 49.1 Å². The number of nitrogens with one attached hydrogen (secondary N) is 2. The van der Waals surface area contributed by atoms with E-state index in [1.807, 2.05) is 46.9 Å². The van der Waals surface area contributed by atoms with Crippen molar-refractivity contribution in [2.45, 2.75) is 25.5 Å². The zero-order valence-corrected chi connectivity index (χ0v) is 22.9. The van der Waals surface area contributed by atoms with Gasteiger partial charge in [0, 0.05) is 12.5 Å². The molecule has 1 amide bonds. The van der Waals surface area contributed by atoms with E-state index in [1.165, 1.54) is 7.11 Å². The Morgan fingerprint density at radius 2 is 1.81 bits per heavy atom. The second kappa shape index (κ2) is 16.7. The summed E-state index contributed by atoms with van der Waals surface area (Å²) in [5.74, 6) is 0. The Hall–Kier alpha value is -2.93. The van der Waals surface area contributed by atoms with E-state index in [0.29, 0.717) is 25.1 Å². The molecule has 1 radical (unpaired) electrons. The van der Waals surface area contributed by atoms with Crippen LogP contribution < -0.4 is 10.0 Å². The van der Waals surface area contributed by atoms with Crippen molar-refractivity contribution >= 4 is 39.7 Å². The fourth-order valence-corrected chi connectivity index (χ4v) is 4.03. The van der Waals surface area contributed by atoms with E-state index in [4.69, 9.17) is 9.29 Å². The fourth-order valence-electron chi connectivity index (χ4n) is 2.87. The van der Waals surface area contributed by atoms with Gasteiger partial charge in [-0.2, -0.15) is 19.8 Å². The third-order valence-electron chi connectivity index (χ3n) is 4.48. The van der Waals surface area contributed by atoms with Crippen LogP contribution in [0.3, 0.4) is 0 Å². The van der Waals surface area contributed by atoms with E-state index in [-0.39, 0.29) is 17.1 Å². The molecule has 1 aromatic heterocycles. The summed E-state index contributed by atoms with van der Waals surface area (Å²) in [6, 6.07) is 15.5. The maximum Gasteiger partial charge on any atom is 2.00 e. The summed E-state index contributed by atoms with van der Waals surface area (Å²) in [6.07, 6.45) is 4.23. The van der Waals surface area contributed by atoms with Crippen molar-refractivity contribution in [3.05, 3.63) is 88.2 Å². The maximum atomic E-state index is 10.9. The summed E-state index contributed by atoms with van der Waals surface area (Å²) in [7, 11) is -1.35. The Morgan fingerprint density at radius 3 is 2.38 bits per heavy atom. The summed E-state index contributed by atoms with van der Waals surface area (Å²) in [4.78, 5) is 25.8. The minimum absolute atomic E-state index is 0. The number of anilines is 1. The zero-order valence-electron chi connectivity index (χ0n) is 20.1. The topological polar surface area (TPSA) is 144 Å². The number of benzene rings is 2. The number of hydrogen-bond donors (Lipinski definition) is 3. The predicted molar refractivity (Wildman–Crippen MR) is 137 cm³/mol. The number of aromatic nitrogens is 1. The largest absolute Gasteiger partial charge is 2.00 e. The standard InChI is InChI=1S/C13H15N2O4S2.C11H12NO3.Mn/c1-19-8-12-9-20-13(14-12)7-4-10-2-5-11(6-3-10)15-21(16,17)18;1-15-11(14)12-10(8-13)7-9-5-3-2-4-6-9;/h2-3,5-7,9,15H,4,8H2,1H3,(H,16,17,18);2-6,10H,7H2,1H3,(H,12,14);/q2*-1;+2/t;10-;/m.0./s1. The van der Waals surface area contributed by atoms with Crippen LogP contribution in [0, 0.1) is 6.42 Å². The molecule has 1 heterocycles. The number of thiazole rings is 1. The SMILES string of the molecule is COC(=O)N[C@H]([C-]=O)Cc1ccccc1.COCc1csc([CH-]Cc2ccc(NS(=O)(=O)O)cc2)n1.[Mn+2]. The van der Waals surface area contributed by atoms with Crippen LogP contribution in [0.25, 0.3) is 0 Å². The molecule has 0 unspecified atom stereocenters. The Balaban J connectivity index is 0.000000381. The van der Waals surface area contributed by atoms with Crippen LogP contribution in [0.4, 0.5) is 10.5 Å². The maximum absolute atomic E-state index is 10.9. The summed E-state index contributed by atoms with van der Waals surface area (Å²) in [5, 5.41) is 5.25. The van der Waals surface area contributed by atoms with Crippen LogP contribution in [0.15, 0.2) is 60.0 Å². The van der Waals surface area contributed by atoms with Gasteiger partial charge in [-0.1, -0.05) is 54.1 Å². The Morgan fingerprint density at radius 1 is 1.14 bits per heavy atom. The Kier molecular flexibility index (Phi) is 14.5.